The summed E-state index contributed by atoms with van der Waals surface area (Å²) in [6.07, 6.45) is 3.85. The van der Waals surface area contributed by atoms with Crippen molar-refractivity contribution in [3.8, 4) is 21.8 Å². The number of aryl methyl sites for hydroxylation is 1. The minimum Gasteiger partial charge on any atom is -0.317 e. The number of aromatic nitrogens is 4. The molecule has 2 N–H and O–H groups in total. The second-order valence-corrected chi connectivity index (χ2v) is 8.16. The first-order valence-electron chi connectivity index (χ1n) is 9.53. The number of aromatic amines is 1. The molecule has 28 heavy (non-hydrogen) atoms. The molecule has 4 heterocycles. The van der Waals surface area contributed by atoms with E-state index < -0.39 is 0 Å². The van der Waals surface area contributed by atoms with E-state index in [0.717, 1.165) is 59.1 Å². The standard InChI is InChI=1S/C21H21N5OS/c1-13-2-4-14(5-3-13)17-12-28-21(24-17)16-11-23-26-18(10-19(27)25-20(16)26)15-6-8-22-9-7-15/h2-5,10-12,15,22H,6-9H2,1H3,(H,25,27). The van der Waals surface area contributed by atoms with Crippen molar-refractivity contribution in [3.05, 3.63) is 63.5 Å². The molecule has 1 saturated heterocycles. The predicted molar refractivity (Wildman–Crippen MR) is 112 cm³/mol. The number of hydrogen-bond donors (Lipinski definition) is 2. The van der Waals surface area contributed by atoms with Crippen molar-refractivity contribution in [3.63, 3.8) is 0 Å². The fourth-order valence-electron chi connectivity index (χ4n) is 3.83. The summed E-state index contributed by atoms with van der Waals surface area (Å²) >= 11 is 1.57. The van der Waals surface area contributed by atoms with Crippen LogP contribution in [0.5, 0.6) is 0 Å². The van der Waals surface area contributed by atoms with Crippen LogP contribution >= 0.6 is 11.3 Å². The van der Waals surface area contributed by atoms with Crippen molar-refractivity contribution >= 4 is 17.0 Å². The quantitative estimate of drug-likeness (QED) is 0.560. The van der Waals surface area contributed by atoms with E-state index in [1.54, 1.807) is 17.4 Å². The topological polar surface area (TPSA) is 75.1 Å². The molecule has 7 heteroatoms. The Bertz CT molecular complexity index is 1180. The molecule has 4 aromatic rings. The van der Waals surface area contributed by atoms with Crippen LogP contribution in [0.25, 0.3) is 27.5 Å². The fraction of sp³-hybridized carbons (Fsp3) is 0.286. The van der Waals surface area contributed by atoms with E-state index in [9.17, 15) is 4.79 Å². The molecule has 0 atom stereocenters. The molecule has 0 spiro atoms. The summed E-state index contributed by atoms with van der Waals surface area (Å²) in [6, 6.07) is 10.0. The summed E-state index contributed by atoms with van der Waals surface area (Å²) in [7, 11) is 0. The Hall–Kier alpha value is -2.77. The number of nitrogens with zero attached hydrogens (tertiary/aromatic N) is 3. The van der Waals surface area contributed by atoms with Gasteiger partial charge in [-0.05, 0) is 32.9 Å². The first kappa shape index (κ1) is 17.3. The molecule has 0 saturated carbocycles. The Morgan fingerprint density at radius 3 is 2.75 bits per heavy atom. The lowest BCUT2D eigenvalue weighted by molar-refractivity contribution is 0.446. The van der Waals surface area contributed by atoms with E-state index >= 15 is 0 Å². The number of thiazole rings is 1. The van der Waals surface area contributed by atoms with Gasteiger partial charge in [0.25, 0.3) is 5.56 Å². The van der Waals surface area contributed by atoms with Crippen LogP contribution in [0.2, 0.25) is 0 Å². The molecule has 3 aromatic heterocycles. The highest BCUT2D eigenvalue weighted by atomic mass is 32.1. The lowest BCUT2D eigenvalue weighted by Gasteiger charge is -2.23. The molecule has 5 rings (SSSR count). The van der Waals surface area contributed by atoms with E-state index in [-0.39, 0.29) is 5.56 Å². The zero-order valence-corrected chi connectivity index (χ0v) is 16.4. The molecule has 1 aliphatic heterocycles. The molecule has 0 bridgehead atoms. The Balaban J connectivity index is 1.58. The highest BCUT2D eigenvalue weighted by Gasteiger charge is 2.21. The van der Waals surface area contributed by atoms with Crippen LogP contribution in [-0.2, 0) is 0 Å². The second kappa shape index (κ2) is 7.00. The first-order valence-corrected chi connectivity index (χ1v) is 10.4. The Morgan fingerprint density at radius 1 is 1.18 bits per heavy atom. The van der Waals surface area contributed by atoms with Gasteiger partial charge in [-0.2, -0.15) is 5.10 Å². The minimum absolute atomic E-state index is 0.0851. The molecule has 0 unspecified atom stereocenters. The second-order valence-electron chi connectivity index (χ2n) is 7.31. The number of hydrogen-bond acceptors (Lipinski definition) is 5. The van der Waals surface area contributed by atoms with Gasteiger partial charge in [-0.25, -0.2) is 9.50 Å². The Kier molecular flexibility index (Phi) is 4.33. The van der Waals surface area contributed by atoms with Crippen LogP contribution in [0.15, 0.2) is 46.7 Å². The maximum Gasteiger partial charge on any atom is 0.251 e. The Morgan fingerprint density at radius 2 is 1.96 bits per heavy atom. The maximum atomic E-state index is 12.4. The predicted octanol–water partition coefficient (Wildman–Crippen LogP) is 3.59. The maximum absolute atomic E-state index is 12.4. The summed E-state index contributed by atoms with van der Waals surface area (Å²) in [5.74, 6) is 0.346. The van der Waals surface area contributed by atoms with Gasteiger partial charge < -0.3 is 10.3 Å². The van der Waals surface area contributed by atoms with Crippen LogP contribution in [0, 0.1) is 6.92 Å². The zero-order valence-electron chi connectivity index (χ0n) is 15.6. The van der Waals surface area contributed by atoms with Crippen LogP contribution in [0.3, 0.4) is 0 Å². The van der Waals surface area contributed by atoms with Gasteiger partial charge >= 0.3 is 0 Å². The van der Waals surface area contributed by atoms with Crippen LogP contribution in [0.4, 0.5) is 0 Å². The Labute approximate surface area is 166 Å². The van der Waals surface area contributed by atoms with Gasteiger partial charge in [0.05, 0.1) is 23.1 Å². The van der Waals surface area contributed by atoms with Crippen LogP contribution in [-0.4, -0.2) is 32.7 Å². The molecule has 0 amide bonds. The van der Waals surface area contributed by atoms with Gasteiger partial charge in [0.1, 0.15) is 10.7 Å². The van der Waals surface area contributed by atoms with Crippen molar-refractivity contribution < 1.29 is 0 Å². The largest absolute Gasteiger partial charge is 0.317 e. The van der Waals surface area contributed by atoms with Gasteiger partial charge in [-0.3, -0.25) is 4.79 Å². The van der Waals surface area contributed by atoms with Crippen LogP contribution < -0.4 is 10.9 Å². The van der Waals surface area contributed by atoms with Crippen molar-refractivity contribution in [1.82, 2.24) is 24.9 Å². The molecule has 1 aromatic carbocycles. The third kappa shape index (κ3) is 3.06. The molecule has 1 aliphatic rings. The minimum atomic E-state index is -0.0851. The highest BCUT2D eigenvalue weighted by molar-refractivity contribution is 7.13. The normalized spacial score (nSPS) is 15.3. The number of nitrogens with one attached hydrogen (secondary N) is 2. The van der Waals surface area contributed by atoms with Crippen molar-refractivity contribution in [1.29, 1.82) is 0 Å². The summed E-state index contributed by atoms with van der Waals surface area (Å²) in [5, 5.41) is 10.9. The lowest BCUT2D eigenvalue weighted by atomic mass is 9.94. The molecule has 0 radical (unpaired) electrons. The molecule has 1 fully saturated rings. The third-order valence-corrected chi connectivity index (χ3v) is 6.25. The van der Waals surface area contributed by atoms with Gasteiger partial charge in [-0.15, -0.1) is 11.3 Å². The molecule has 6 nitrogen and oxygen atoms in total. The monoisotopic (exact) mass is 391 g/mol. The number of fused-ring (bicyclic) bond motifs is 1. The summed E-state index contributed by atoms with van der Waals surface area (Å²) < 4.78 is 1.89. The van der Waals surface area contributed by atoms with Gasteiger partial charge in [0.15, 0.2) is 0 Å². The lowest BCUT2D eigenvalue weighted by Crippen LogP contribution is -2.28. The van der Waals surface area contributed by atoms with Gasteiger partial charge in [0.2, 0.25) is 0 Å². The van der Waals surface area contributed by atoms with Gasteiger partial charge in [-0.1, -0.05) is 29.8 Å². The SMILES string of the molecule is Cc1ccc(-c2csc(-c3cnn4c(C5CCNCC5)cc(=O)[nH]c34)n2)cc1. The third-order valence-electron chi connectivity index (χ3n) is 5.37. The summed E-state index contributed by atoms with van der Waals surface area (Å²) in [5.41, 5.74) is 5.76. The summed E-state index contributed by atoms with van der Waals surface area (Å²) in [6.45, 7) is 4.02. The number of benzene rings is 1. The fourth-order valence-corrected chi connectivity index (χ4v) is 4.67. The smallest absolute Gasteiger partial charge is 0.251 e. The number of rotatable bonds is 3. The number of piperidine rings is 1. The van der Waals surface area contributed by atoms with Crippen molar-refractivity contribution in [2.75, 3.05) is 13.1 Å². The molecular formula is C21H21N5OS. The zero-order chi connectivity index (χ0) is 19.1. The highest BCUT2D eigenvalue weighted by Crippen LogP contribution is 2.32. The number of H-pyrrole nitrogens is 1. The average molecular weight is 392 g/mol. The van der Waals surface area contributed by atoms with E-state index in [4.69, 9.17) is 4.98 Å². The summed E-state index contributed by atoms with van der Waals surface area (Å²) in [4.78, 5) is 20.1. The van der Waals surface area contributed by atoms with E-state index in [1.807, 2.05) is 10.7 Å². The average Bonchev–Trinajstić information content (AvgIpc) is 3.35. The molecule has 142 valence electrons. The van der Waals surface area contributed by atoms with E-state index in [0.29, 0.717) is 5.92 Å². The van der Waals surface area contributed by atoms with Gasteiger partial charge in [0, 0.05) is 22.9 Å². The van der Waals surface area contributed by atoms with E-state index in [1.165, 1.54) is 5.56 Å². The van der Waals surface area contributed by atoms with E-state index in [2.05, 4.69) is 52.0 Å². The molecule has 0 aliphatic carbocycles. The molecular weight excluding hydrogens is 370 g/mol. The van der Waals surface area contributed by atoms with Crippen molar-refractivity contribution in [2.24, 2.45) is 0 Å². The van der Waals surface area contributed by atoms with Crippen molar-refractivity contribution in [2.45, 2.75) is 25.7 Å². The van der Waals surface area contributed by atoms with Crippen LogP contribution in [0.1, 0.15) is 30.0 Å². The first-order chi connectivity index (χ1) is 13.7.